The Morgan fingerprint density at radius 3 is 2.74 bits per heavy atom. The van der Waals surface area contributed by atoms with E-state index in [0.29, 0.717) is 0 Å². The third kappa shape index (κ3) is 5.42. The smallest absolute Gasteiger partial charge is 0.127 e. The molecule has 1 heterocycles. The van der Waals surface area contributed by atoms with Crippen LogP contribution in [0.4, 0.5) is 0 Å². The van der Waals surface area contributed by atoms with E-state index in [-0.39, 0.29) is 17.3 Å². The Balaban J connectivity index is 1.81. The molecule has 1 aromatic carbocycles. The summed E-state index contributed by atoms with van der Waals surface area (Å²) in [4.78, 5) is 0. The average Bonchev–Trinajstić information content (AvgIpc) is 2.71. The molecule has 0 saturated carbocycles. The van der Waals surface area contributed by atoms with Gasteiger partial charge in [0.25, 0.3) is 0 Å². The van der Waals surface area contributed by atoms with Gasteiger partial charge in [-0.15, -0.1) is 0 Å². The predicted octanol–water partition coefficient (Wildman–Crippen LogP) is 5.15. The second-order valence-electron chi connectivity index (χ2n) is 7.82. The Morgan fingerprint density at radius 2 is 2.04 bits per heavy atom. The summed E-state index contributed by atoms with van der Waals surface area (Å²) < 4.78 is 17.8. The van der Waals surface area contributed by atoms with Crippen molar-refractivity contribution in [3.63, 3.8) is 0 Å². The van der Waals surface area contributed by atoms with Crippen molar-refractivity contribution in [2.24, 2.45) is 0 Å². The van der Waals surface area contributed by atoms with Crippen LogP contribution in [0.3, 0.4) is 0 Å². The first kappa shape index (κ1) is 18.1. The van der Waals surface area contributed by atoms with Crippen molar-refractivity contribution in [1.29, 1.82) is 0 Å². The van der Waals surface area contributed by atoms with Crippen molar-refractivity contribution < 1.29 is 14.2 Å². The SMILES string of the molecule is CCOC(C)(C)CCCC(C)Oc1ccc2c(c1)OC(C)(C)C2. The lowest BCUT2D eigenvalue weighted by Crippen LogP contribution is -2.25. The van der Waals surface area contributed by atoms with Gasteiger partial charge in [-0.25, -0.2) is 0 Å². The van der Waals surface area contributed by atoms with E-state index in [0.717, 1.165) is 43.8 Å². The number of benzene rings is 1. The molecule has 23 heavy (non-hydrogen) atoms. The van der Waals surface area contributed by atoms with E-state index in [9.17, 15) is 0 Å². The highest BCUT2D eigenvalue weighted by atomic mass is 16.5. The summed E-state index contributed by atoms with van der Waals surface area (Å²) >= 11 is 0. The number of hydrogen-bond donors (Lipinski definition) is 0. The molecule has 1 aromatic rings. The quantitative estimate of drug-likeness (QED) is 0.662. The highest BCUT2D eigenvalue weighted by Gasteiger charge is 2.30. The molecular weight excluding hydrogens is 288 g/mol. The van der Waals surface area contributed by atoms with E-state index in [1.165, 1.54) is 5.56 Å². The molecule has 3 heteroatoms. The Morgan fingerprint density at radius 1 is 1.30 bits per heavy atom. The van der Waals surface area contributed by atoms with Crippen LogP contribution in [0.5, 0.6) is 11.5 Å². The molecule has 1 aliphatic heterocycles. The van der Waals surface area contributed by atoms with Gasteiger partial charge < -0.3 is 14.2 Å². The minimum atomic E-state index is -0.0998. The standard InChI is InChI=1S/C20H32O3/c1-7-21-19(3,4)12-8-9-15(2)22-17-11-10-16-14-20(5,6)23-18(16)13-17/h10-11,13,15H,7-9,12,14H2,1-6H3. The largest absolute Gasteiger partial charge is 0.491 e. The van der Waals surface area contributed by atoms with E-state index in [4.69, 9.17) is 14.2 Å². The van der Waals surface area contributed by atoms with Crippen LogP contribution < -0.4 is 9.47 Å². The summed E-state index contributed by atoms with van der Waals surface area (Å²) in [5, 5.41) is 0. The van der Waals surface area contributed by atoms with Gasteiger partial charge in [0.2, 0.25) is 0 Å². The molecule has 0 spiro atoms. The van der Waals surface area contributed by atoms with Gasteiger partial charge >= 0.3 is 0 Å². The van der Waals surface area contributed by atoms with Crippen molar-refractivity contribution in [2.45, 2.75) is 84.5 Å². The lowest BCUT2D eigenvalue weighted by atomic mass is 10.00. The molecule has 1 unspecified atom stereocenters. The van der Waals surface area contributed by atoms with E-state index >= 15 is 0 Å². The van der Waals surface area contributed by atoms with Crippen LogP contribution in [0.2, 0.25) is 0 Å². The molecule has 130 valence electrons. The Bertz CT molecular complexity index is 520. The summed E-state index contributed by atoms with van der Waals surface area (Å²) in [6.07, 6.45) is 4.34. The topological polar surface area (TPSA) is 27.7 Å². The zero-order chi connectivity index (χ0) is 17.1. The van der Waals surface area contributed by atoms with Gasteiger partial charge in [-0.1, -0.05) is 6.07 Å². The molecule has 0 bridgehead atoms. The fraction of sp³-hybridized carbons (Fsp3) is 0.700. The monoisotopic (exact) mass is 320 g/mol. The Hall–Kier alpha value is -1.22. The molecule has 0 radical (unpaired) electrons. The van der Waals surface area contributed by atoms with Crippen LogP contribution in [0.1, 0.15) is 66.4 Å². The van der Waals surface area contributed by atoms with Gasteiger partial charge in [-0.2, -0.15) is 0 Å². The molecule has 0 aromatic heterocycles. The number of ether oxygens (including phenoxy) is 3. The molecule has 0 aliphatic carbocycles. The highest BCUT2D eigenvalue weighted by Crippen LogP contribution is 2.37. The normalized spacial score (nSPS) is 17.5. The summed E-state index contributed by atoms with van der Waals surface area (Å²) in [5.41, 5.74) is 1.13. The zero-order valence-electron chi connectivity index (χ0n) is 15.6. The van der Waals surface area contributed by atoms with Crippen molar-refractivity contribution in [3.05, 3.63) is 23.8 Å². The maximum Gasteiger partial charge on any atom is 0.127 e. The molecule has 1 atom stereocenters. The molecule has 0 N–H and O–H groups in total. The minimum absolute atomic E-state index is 0.0402. The van der Waals surface area contributed by atoms with E-state index in [1.54, 1.807) is 0 Å². The summed E-state index contributed by atoms with van der Waals surface area (Å²) in [7, 11) is 0. The number of fused-ring (bicyclic) bond motifs is 1. The van der Waals surface area contributed by atoms with Crippen LogP contribution in [-0.4, -0.2) is 23.9 Å². The molecule has 2 rings (SSSR count). The van der Waals surface area contributed by atoms with Crippen molar-refractivity contribution in [2.75, 3.05) is 6.61 Å². The van der Waals surface area contributed by atoms with Crippen molar-refractivity contribution >= 4 is 0 Å². The molecular formula is C20H32O3. The lowest BCUT2D eigenvalue weighted by molar-refractivity contribution is -0.0190. The number of hydrogen-bond acceptors (Lipinski definition) is 3. The van der Waals surface area contributed by atoms with Gasteiger partial charge in [0.1, 0.15) is 17.1 Å². The summed E-state index contributed by atoms with van der Waals surface area (Å²) in [6, 6.07) is 6.22. The first-order chi connectivity index (χ1) is 10.7. The maximum atomic E-state index is 6.06. The van der Waals surface area contributed by atoms with E-state index in [1.807, 2.05) is 13.0 Å². The van der Waals surface area contributed by atoms with Gasteiger partial charge in [0.05, 0.1) is 11.7 Å². The Labute approximate surface area is 141 Å². The molecule has 3 nitrogen and oxygen atoms in total. The molecule has 0 amide bonds. The average molecular weight is 320 g/mol. The predicted molar refractivity (Wildman–Crippen MR) is 94.5 cm³/mol. The van der Waals surface area contributed by atoms with Gasteiger partial charge in [0.15, 0.2) is 0 Å². The van der Waals surface area contributed by atoms with E-state index in [2.05, 4.69) is 46.8 Å². The third-order valence-electron chi connectivity index (χ3n) is 4.30. The fourth-order valence-electron chi connectivity index (χ4n) is 3.21. The fourth-order valence-corrected chi connectivity index (χ4v) is 3.21. The van der Waals surface area contributed by atoms with Gasteiger partial charge in [-0.05, 0) is 72.4 Å². The first-order valence-electron chi connectivity index (χ1n) is 8.83. The van der Waals surface area contributed by atoms with Gasteiger partial charge in [0, 0.05) is 19.1 Å². The minimum Gasteiger partial charge on any atom is -0.491 e. The van der Waals surface area contributed by atoms with Crippen LogP contribution in [0.25, 0.3) is 0 Å². The van der Waals surface area contributed by atoms with E-state index < -0.39 is 0 Å². The molecule has 1 aliphatic rings. The maximum absolute atomic E-state index is 6.06. The van der Waals surface area contributed by atoms with Crippen molar-refractivity contribution in [3.8, 4) is 11.5 Å². The van der Waals surface area contributed by atoms with Gasteiger partial charge in [-0.3, -0.25) is 0 Å². The summed E-state index contributed by atoms with van der Waals surface area (Å²) in [5.74, 6) is 1.87. The van der Waals surface area contributed by atoms with Crippen LogP contribution >= 0.6 is 0 Å². The first-order valence-corrected chi connectivity index (χ1v) is 8.83. The number of rotatable bonds is 8. The second kappa shape index (κ2) is 7.12. The third-order valence-corrected chi connectivity index (χ3v) is 4.30. The molecule has 0 saturated heterocycles. The van der Waals surface area contributed by atoms with Crippen LogP contribution in [0, 0.1) is 0 Å². The summed E-state index contributed by atoms with van der Waals surface area (Å²) in [6.45, 7) is 13.5. The second-order valence-corrected chi connectivity index (χ2v) is 7.82. The van der Waals surface area contributed by atoms with Crippen LogP contribution in [-0.2, 0) is 11.2 Å². The Kier molecular flexibility index (Phi) is 5.61. The van der Waals surface area contributed by atoms with Crippen LogP contribution in [0.15, 0.2) is 18.2 Å². The highest BCUT2D eigenvalue weighted by molar-refractivity contribution is 5.44. The lowest BCUT2D eigenvalue weighted by Gasteiger charge is -2.25. The zero-order valence-corrected chi connectivity index (χ0v) is 15.6. The molecule has 0 fully saturated rings. The van der Waals surface area contributed by atoms with Crippen molar-refractivity contribution in [1.82, 2.24) is 0 Å².